The monoisotopic (exact) mass is 356 g/mol. The fourth-order valence-electron chi connectivity index (χ4n) is 4.22. The highest BCUT2D eigenvalue weighted by Crippen LogP contribution is 2.34. The number of fused-ring (bicyclic) bond motifs is 1. The second-order valence-corrected chi connectivity index (χ2v) is 7.46. The van der Waals surface area contributed by atoms with Crippen molar-refractivity contribution < 1.29 is 13.7 Å². The Labute approximate surface area is 153 Å². The molecule has 0 spiro atoms. The van der Waals surface area contributed by atoms with E-state index in [2.05, 4.69) is 5.16 Å². The Balaban J connectivity index is 1.38. The van der Waals surface area contributed by atoms with Crippen molar-refractivity contribution in [2.45, 2.75) is 57.3 Å². The summed E-state index contributed by atoms with van der Waals surface area (Å²) < 4.78 is 19.5. The summed E-state index contributed by atoms with van der Waals surface area (Å²) in [6.07, 6.45) is 7.69. The normalized spacial score (nSPS) is 18.4. The van der Waals surface area contributed by atoms with Crippen LogP contribution in [0.25, 0.3) is 0 Å². The number of piperidine rings is 1. The molecule has 26 heavy (non-hydrogen) atoms. The molecule has 1 saturated heterocycles. The van der Waals surface area contributed by atoms with Crippen molar-refractivity contribution in [2.75, 3.05) is 13.1 Å². The number of halogens is 1. The Morgan fingerprint density at radius 1 is 1.15 bits per heavy atom. The molecule has 2 aliphatic rings. The maximum absolute atomic E-state index is 13.8. The molecule has 1 aliphatic carbocycles. The van der Waals surface area contributed by atoms with E-state index in [0.717, 1.165) is 37.1 Å². The number of carbonyl (C=O) groups excluding carboxylic acids is 1. The van der Waals surface area contributed by atoms with Crippen LogP contribution in [0.2, 0.25) is 0 Å². The van der Waals surface area contributed by atoms with E-state index in [1.165, 1.54) is 30.9 Å². The number of carbonyl (C=O) groups is 1. The molecule has 0 N–H and O–H groups in total. The number of hydrogen-bond acceptors (Lipinski definition) is 3. The number of benzene rings is 1. The first-order valence-electron chi connectivity index (χ1n) is 9.71. The summed E-state index contributed by atoms with van der Waals surface area (Å²) in [6, 6.07) is 6.51. The lowest BCUT2D eigenvalue weighted by Gasteiger charge is -2.31. The Morgan fingerprint density at radius 3 is 2.73 bits per heavy atom. The predicted molar refractivity (Wildman–Crippen MR) is 96.4 cm³/mol. The summed E-state index contributed by atoms with van der Waals surface area (Å²) in [5, 5.41) is 4.31. The number of aromatic nitrogens is 1. The van der Waals surface area contributed by atoms with Crippen LogP contribution in [0.3, 0.4) is 0 Å². The van der Waals surface area contributed by atoms with E-state index in [4.69, 9.17) is 4.52 Å². The number of nitrogens with zero attached hydrogens (tertiary/aromatic N) is 2. The van der Waals surface area contributed by atoms with E-state index in [-0.39, 0.29) is 18.1 Å². The van der Waals surface area contributed by atoms with Crippen LogP contribution in [-0.4, -0.2) is 29.1 Å². The van der Waals surface area contributed by atoms with Gasteiger partial charge in [0.2, 0.25) is 5.91 Å². The zero-order chi connectivity index (χ0) is 17.9. The number of rotatable bonds is 3. The number of amides is 1. The van der Waals surface area contributed by atoms with Crippen LogP contribution in [0.15, 0.2) is 28.8 Å². The molecule has 4 rings (SSSR count). The minimum atomic E-state index is -0.305. The molecule has 138 valence electrons. The molecule has 0 atom stereocenters. The van der Waals surface area contributed by atoms with Gasteiger partial charge in [-0.3, -0.25) is 4.79 Å². The topological polar surface area (TPSA) is 46.3 Å². The first-order valence-corrected chi connectivity index (χ1v) is 9.71. The van der Waals surface area contributed by atoms with Crippen LogP contribution in [0.5, 0.6) is 0 Å². The lowest BCUT2D eigenvalue weighted by Crippen LogP contribution is -2.39. The standard InChI is InChI=1S/C21H25FN2O2/c22-18-8-5-4-6-16(18)14-20(25)24-12-10-15(11-13-24)21-17-7-2-1-3-9-19(17)23-26-21/h4-6,8,15H,1-3,7,9-14H2. The molecule has 4 nitrogen and oxygen atoms in total. The Bertz CT molecular complexity index is 778. The molecule has 1 amide bonds. The molecule has 5 heteroatoms. The van der Waals surface area contributed by atoms with Gasteiger partial charge in [-0.25, -0.2) is 4.39 Å². The van der Waals surface area contributed by atoms with Crippen molar-refractivity contribution in [2.24, 2.45) is 0 Å². The molecule has 1 fully saturated rings. The van der Waals surface area contributed by atoms with Gasteiger partial charge >= 0.3 is 0 Å². The van der Waals surface area contributed by atoms with E-state index in [9.17, 15) is 9.18 Å². The van der Waals surface area contributed by atoms with Gasteiger partial charge in [0, 0.05) is 24.6 Å². The van der Waals surface area contributed by atoms with Crippen LogP contribution in [-0.2, 0) is 24.1 Å². The van der Waals surface area contributed by atoms with Gasteiger partial charge < -0.3 is 9.42 Å². The van der Waals surface area contributed by atoms with E-state index in [1.54, 1.807) is 18.2 Å². The van der Waals surface area contributed by atoms with Gasteiger partial charge in [0.05, 0.1) is 12.1 Å². The van der Waals surface area contributed by atoms with Gasteiger partial charge in [-0.05, 0) is 50.2 Å². The summed E-state index contributed by atoms with van der Waals surface area (Å²) >= 11 is 0. The van der Waals surface area contributed by atoms with E-state index < -0.39 is 0 Å². The molecular formula is C21H25FN2O2. The van der Waals surface area contributed by atoms with Crippen LogP contribution >= 0.6 is 0 Å². The molecule has 1 aromatic heterocycles. The molecule has 1 aliphatic heterocycles. The van der Waals surface area contributed by atoms with Crippen molar-refractivity contribution in [1.29, 1.82) is 0 Å². The fourth-order valence-corrected chi connectivity index (χ4v) is 4.22. The lowest BCUT2D eigenvalue weighted by atomic mass is 9.90. The number of hydrogen-bond donors (Lipinski definition) is 0. The van der Waals surface area contributed by atoms with Gasteiger partial charge in [0.25, 0.3) is 0 Å². The van der Waals surface area contributed by atoms with Crippen molar-refractivity contribution in [3.05, 3.63) is 52.7 Å². The lowest BCUT2D eigenvalue weighted by molar-refractivity contribution is -0.131. The largest absolute Gasteiger partial charge is 0.361 e. The van der Waals surface area contributed by atoms with Crippen LogP contribution in [0.4, 0.5) is 4.39 Å². The van der Waals surface area contributed by atoms with Gasteiger partial charge in [0.1, 0.15) is 11.6 Å². The Morgan fingerprint density at radius 2 is 1.92 bits per heavy atom. The van der Waals surface area contributed by atoms with Crippen LogP contribution < -0.4 is 0 Å². The molecule has 0 unspecified atom stereocenters. The highest BCUT2D eigenvalue weighted by Gasteiger charge is 2.30. The number of likely N-dealkylation sites (tertiary alicyclic amines) is 1. The molecular weight excluding hydrogens is 331 g/mol. The first kappa shape index (κ1) is 17.3. The van der Waals surface area contributed by atoms with Gasteiger partial charge in [-0.1, -0.05) is 29.8 Å². The zero-order valence-corrected chi connectivity index (χ0v) is 15.0. The van der Waals surface area contributed by atoms with Crippen molar-refractivity contribution >= 4 is 5.91 Å². The molecule has 2 aromatic rings. The van der Waals surface area contributed by atoms with Crippen molar-refractivity contribution in [3.63, 3.8) is 0 Å². The van der Waals surface area contributed by atoms with E-state index in [1.807, 2.05) is 4.90 Å². The average molecular weight is 356 g/mol. The third-order valence-electron chi connectivity index (χ3n) is 5.76. The average Bonchev–Trinajstić information content (AvgIpc) is 2.92. The third-order valence-corrected chi connectivity index (χ3v) is 5.76. The van der Waals surface area contributed by atoms with Gasteiger partial charge in [0.15, 0.2) is 0 Å². The van der Waals surface area contributed by atoms with E-state index in [0.29, 0.717) is 24.6 Å². The highest BCUT2D eigenvalue weighted by atomic mass is 19.1. The zero-order valence-electron chi connectivity index (χ0n) is 15.0. The summed E-state index contributed by atoms with van der Waals surface area (Å²) in [5.74, 6) is 1.11. The predicted octanol–water partition coefficient (Wildman–Crippen LogP) is 4.03. The quantitative estimate of drug-likeness (QED) is 0.780. The van der Waals surface area contributed by atoms with Crippen LogP contribution in [0.1, 0.15) is 60.6 Å². The molecule has 0 radical (unpaired) electrons. The third kappa shape index (κ3) is 3.53. The smallest absolute Gasteiger partial charge is 0.227 e. The van der Waals surface area contributed by atoms with Crippen LogP contribution in [0, 0.1) is 5.82 Å². The van der Waals surface area contributed by atoms with Gasteiger partial charge in [-0.2, -0.15) is 0 Å². The summed E-state index contributed by atoms with van der Waals surface area (Å²) in [4.78, 5) is 14.4. The maximum Gasteiger partial charge on any atom is 0.227 e. The minimum Gasteiger partial charge on any atom is -0.361 e. The summed E-state index contributed by atoms with van der Waals surface area (Å²) in [6.45, 7) is 1.40. The summed E-state index contributed by atoms with van der Waals surface area (Å²) in [5.41, 5.74) is 2.95. The van der Waals surface area contributed by atoms with E-state index >= 15 is 0 Å². The molecule has 2 heterocycles. The van der Waals surface area contributed by atoms with Crippen molar-refractivity contribution in [1.82, 2.24) is 10.1 Å². The minimum absolute atomic E-state index is 0.00458. The number of aryl methyl sites for hydroxylation is 1. The molecule has 0 bridgehead atoms. The summed E-state index contributed by atoms with van der Waals surface area (Å²) in [7, 11) is 0. The Hall–Kier alpha value is -2.17. The second kappa shape index (κ2) is 7.60. The highest BCUT2D eigenvalue weighted by molar-refractivity contribution is 5.79. The molecule has 0 saturated carbocycles. The Kier molecular flexibility index (Phi) is 5.05. The first-order chi connectivity index (χ1) is 12.7. The second-order valence-electron chi connectivity index (χ2n) is 7.46. The SMILES string of the molecule is O=C(Cc1ccccc1F)N1CCC(c2onc3c2CCCCC3)CC1. The van der Waals surface area contributed by atoms with Crippen molar-refractivity contribution in [3.8, 4) is 0 Å². The van der Waals surface area contributed by atoms with Gasteiger partial charge in [-0.15, -0.1) is 0 Å². The fraction of sp³-hybridized carbons (Fsp3) is 0.524. The molecule has 1 aromatic carbocycles. The maximum atomic E-state index is 13.8.